The van der Waals surface area contributed by atoms with Crippen molar-refractivity contribution in [3.05, 3.63) is 12.0 Å². The van der Waals surface area contributed by atoms with Crippen molar-refractivity contribution in [1.82, 2.24) is 0 Å². The molecule has 0 fully saturated rings. The minimum atomic E-state index is -4.59. The van der Waals surface area contributed by atoms with E-state index in [9.17, 15) is 8.42 Å². The molecule has 7 heteroatoms. The van der Waals surface area contributed by atoms with Crippen molar-refractivity contribution < 1.29 is 27.6 Å². The van der Waals surface area contributed by atoms with E-state index in [1.54, 1.807) is 0 Å². The van der Waals surface area contributed by atoms with E-state index in [1.807, 2.05) is 0 Å². The molecule has 1 rings (SSSR count). The summed E-state index contributed by atoms with van der Waals surface area (Å²) in [5, 5.41) is 6.28. The summed E-state index contributed by atoms with van der Waals surface area (Å²) in [4.78, 5) is 0. The smallest absolute Gasteiger partial charge is 0.404 e. The van der Waals surface area contributed by atoms with Crippen molar-refractivity contribution >= 4 is 10.1 Å². The Bertz CT molecular complexity index is 304. The zero-order valence-electron chi connectivity index (χ0n) is 6.22. The van der Waals surface area contributed by atoms with Crippen LogP contribution in [0.5, 0.6) is 0 Å². The molecule has 6 nitrogen and oxygen atoms in total. The number of ether oxygens (including phenoxy) is 2. The molecule has 0 aliphatic carbocycles. The minimum absolute atomic E-state index is 0.168. The molecule has 1 atom stereocenters. The summed E-state index contributed by atoms with van der Waals surface area (Å²) in [7, 11) is -4.59. The van der Waals surface area contributed by atoms with Crippen molar-refractivity contribution in [2.24, 2.45) is 0 Å². The number of allylic oxidation sites excluding steroid dienone is 1. The molecule has 0 aromatic heterocycles. The number of hydrogen-bond acceptors (Lipinski definition) is 5. The molecule has 12 heavy (non-hydrogen) atoms. The van der Waals surface area contributed by atoms with E-state index in [0.29, 0.717) is 0 Å². The first-order valence-corrected chi connectivity index (χ1v) is 4.47. The summed E-state index contributed by atoms with van der Waals surface area (Å²) in [5.41, 5.74) is 0. The molecular weight excluding hydrogens is 188 g/mol. The van der Waals surface area contributed by atoms with Crippen LogP contribution in [0, 0.1) is 0 Å². The first-order valence-electron chi connectivity index (χ1n) is 3.03. The van der Waals surface area contributed by atoms with Crippen molar-refractivity contribution in [2.45, 2.75) is 12.0 Å². The highest BCUT2D eigenvalue weighted by Crippen LogP contribution is 2.29. The quantitative estimate of drug-likeness (QED) is 0.574. The summed E-state index contributed by atoms with van der Waals surface area (Å²) in [6.07, 6.45) is 1.00. The van der Waals surface area contributed by atoms with Gasteiger partial charge in [0.2, 0.25) is 0 Å². The Morgan fingerprint density at radius 3 is 2.42 bits per heavy atom. The van der Waals surface area contributed by atoms with Crippen LogP contribution in [0.3, 0.4) is 0 Å². The Kier molecular flexibility index (Phi) is 2.02. The zero-order valence-corrected chi connectivity index (χ0v) is 7.04. The Balaban J connectivity index is 2.98. The lowest BCUT2D eigenvalue weighted by atomic mass is 10.6. The fourth-order valence-corrected chi connectivity index (χ4v) is 1.30. The summed E-state index contributed by atoms with van der Waals surface area (Å²) in [6.45, 7) is 0.461. The molecule has 1 heterocycles. The standard InChI is InChI=1S/C5H8O6S/c1-4-2-10-5(3-6,11-4)12(7,8)9/h2,6H,3H2,1H3,(H,7,8,9). The molecule has 0 amide bonds. The second-order valence-corrected chi connectivity index (χ2v) is 3.84. The molecule has 1 aliphatic rings. The maximum atomic E-state index is 10.6. The fraction of sp³-hybridized carbons (Fsp3) is 0.600. The van der Waals surface area contributed by atoms with Gasteiger partial charge in [-0.05, 0) is 6.92 Å². The molecule has 2 N–H and O–H groups in total. The van der Waals surface area contributed by atoms with Gasteiger partial charge in [0, 0.05) is 0 Å². The Morgan fingerprint density at radius 2 is 2.25 bits per heavy atom. The average Bonchev–Trinajstić information content (AvgIpc) is 2.31. The van der Waals surface area contributed by atoms with Crippen LogP contribution in [0.15, 0.2) is 12.0 Å². The Labute approximate surface area is 69.2 Å². The molecule has 0 aromatic rings. The third-order valence-electron chi connectivity index (χ3n) is 1.31. The highest BCUT2D eigenvalue weighted by atomic mass is 32.2. The summed E-state index contributed by atoms with van der Waals surface area (Å²) >= 11 is 0. The van der Waals surface area contributed by atoms with Gasteiger partial charge in [-0.2, -0.15) is 8.42 Å². The second-order valence-electron chi connectivity index (χ2n) is 2.26. The fourth-order valence-electron chi connectivity index (χ4n) is 0.731. The van der Waals surface area contributed by atoms with Gasteiger partial charge in [-0.15, -0.1) is 0 Å². The van der Waals surface area contributed by atoms with Crippen LogP contribution in [0.1, 0.15) is 6.92 Å². The maximum absolute atomic E-state index is 10.6. The third-order valence-corrected chi connectivity index (χ3v) is 2.40. The van der Waals surface area contributed by atoms with Gasteiger partial charge in [0.05, 0.1) is 0 Å². The summed E-state index contributed by atoms with van der Waals surface area (Å²) < 4.78 is 39.0. The summed E-state index contributed by atoms with van der Waals surface area (Å²) in [6, 6.07) is 0. The van der Waals surface area contributed by atoms with Gasteiger partial charge in [-0.1, -0.05) is 0 Å². The van der Waals surface area contributed by atoms with Crippen molar-refractivity contribution in [1.29, 1.82) is 0 Å². The zero-order chi connectivity index (χ0) is 9.41. The van der Waals surface area contributed by atoms with Gasteiger partial charge < -0.3 is 14.6 Å². The number of hydrogen-bond donors (Lipinski definition) is 2. The molecule has 1 unspecified atom stereocenters. The van der Waals surface area contributed by atoms with E-state index in [-0.39, 0.29) is 5.76 Å². The molecule has 1 aliphatic heterocycles. The van der Waals surface area contributed by atoms with E-state index in [0.717, 1.165) is 6.26 Å². The minimum Gasteiger partial charge on any atom is -0.441 e. The topological polar surface area (TPSA) is 93.1 Å². The second kappa shape index (κ2) is 2.61. The van der Waals surface area contributed by atoms with Crippen LogP contribution in [0.25, 0.3) is 0 Å². The number of aliphatic hydroxyl groups excluding tert-OH is 1. The van der Waals surface area contributed by atoms with Gasteiger partial charge in [-0.3, -0.25) is 4.55 Å². The molecule has 70 valence electrons. The maximum Gasteiger partial charge on any atom is 0.404 e. The first-order chi connectivity index (χ1) is 5.41. The van der Waals surface area contributed by atoms with Gasteiger partial charge in [0.25, 0.3) is 0 Å². The van der Waals surface area contributed by atoms with Crippen molar-refractivity contribution in [3.63, 3.8) is 0 Å². The van der Waals surface area contributed by atoms with Crippen LogP contribution in [0.2, 0.25) is 0 Å². The van der Waals surface area contributed by atoms with Crippen LogP contribution in [-0.2, 0) is 19.6 Å². The van der Waals surface area contributed by atoms with E-state index in [4.69, 9.17) is 9.66 Å². The predicted molar refractivity (Wildman–Crippen MR) is 37.3 cm³/mol. The first kappa shape index (κ1) is 9.30. The van der Waals surface area contributed by atoms with Crippen LogP contribution in [0.4, 0.5) is 0 Å². The third kappa shape index (κ3) is 1.26. The van der Waals surface area contributed by atoms with Crippen LogP contribution < -0.4 is 0 Å². The summed E-state index contributed by atoms with van der Waals surface area (Å²) in [5.74, 6) is 0.168. The van der Waals surface area contributed by atoms with E-state index < -0.39 is 21.8 Å². The van der Waals surface area contributed by atoms with Crippen LogP contribution >= 0.6 is 0 Å². The van der Waals surface area contributed by atoms with E-state index in [2.05, 4.69) is 9.47 Å². The van der Waals surface area contributed by atoms with Crippen molar-refractivity contribution in [3.8, 4) is 0 Å². The van der Waals surface area contributed by atoms with E-state index >= 15 is 0 Å². The highest BCUT2D eigenvalue weighted by molar-refractivity contribution is 7.86. The largest absolute Gasteiger partial charge is 0.441 e. The molecule has 0 spiro atoms. The molecule has 0 saturated carbocycles. The normalized spacial score (nSPS) is 29.1. The predicted octanol–water partition coefficient (Wildman–Crippen LogP) is -0.572. The monoisotopic (exact) mass is 196 g/mol. The SMILES string of the molecule is CC1=COC(CO)(S(=O)(=O)O)O1. The van der Waals surface area contributed by atoms with Gasteiger partial charge in [0.15, 0.2) is 0 Å². The molecule has 0 radical (unpaired) electrons. The lowest BCUT2D eigenvalue weighted by molar-refractivity contribution is -0.111. The number of aliphatic hydroxyl groups is 1. The molecular formula is C5H8O6S. The Hall–Kier alpha value is -0.790. The Morgan fingerprint density at radius 1 is 1.67 bits per heavy atom. The molecule has 0 bridgehead atoms. The molecule has 0 saturated heterocycles. The average molecular weight is 196 g/mol. The van der Waals surface area contributed by atoms with E-state index in [1.165, 1.54) is 6.92 Å². The van der Waals surface area contributed by atoms with Gasteiger partial charge >= 0.3 is 15.2 Å². The van der Waals surface area contributed by atoms with Gasteiger partial charge in [0.1, 0.15) is 18.6 Å². The number of rotatable bonds is 2. The van der Waals surface area contributed by atoms with Crippen LogP contribution in [-0.4, -0.2) is 29.8 Å². The lowest BCUT2D eigenvalue weighted by Gasteiger charge is -2.21. The van der Waals surface area contributed by atoms with Crippen molar-refractivity contribution in [2.75, 3.05) is 6.61 Å². The highest BCUT2D eigenvalue weighted by Gasteiger charge is 2.50. The van der Waals surface area contributed by atoms with Gasteiger partial charge in [-0.25, -0.2) is 0 Å². The molecule has 0 aromatic carbocycles. The lowest BCUT2D eigenvalue weighted by Crippen LogP contribution is -2.43.